The molecule has 1 saturated carbocycles. The zero-order chi connectivity index (χ0) is 27.9. The van der Waals surface area contributed by atoms with Crippen molar-refractivity contribution < 1.29 is 18.3 Å². The molecule has 1 aliphatic rings. The van der Waals surface area contributed by atoms with E-state index in [2.05, 4.69) is 31.0 Å². The van der Waals surface area contributed by atoms with Crippen molar-refractivity contribution in [3.05, 3.63) is 80.5 Å². The van der Waals surface area contributed by atoms with Gasteiger partial charge in [-0.25, -0.2) is 4.68 Å². The van der Waals surface area contributed by atoms with Crippen molar-refractivity contribution in [2.45, 2.75) is 70.5 Å². The number of alkyl halides is 3. The van der Waals surface area contributed by atoms with Crippen LogP contribution in [0.4, 0.5) is 18.9 Å². The molecule has 4 N–H and O–H groups in total. The van der Waals surface area contributed by atoms with Gasteiger partial charge in [0.2, 0.25) is 0 Å². The first-order valence-corrected chi connectivity index (χ1v) is 12.8. The summed E-state index contributed by atoms with van der Waals surface area (Å²) in [6.45, 7) is 5.36. The SMILES string of the molecule is Cc1ccc(-n2[nH]c(C)c(NC(c3cccc(C4CCCC(c5nn[nH]n5)C4)c3O)C(F)(F)F)c2=O)cc1C. The van der Waals surface area contributed by atoms with Gasteiger partial charge in [0.05, 0.1) is 11.4 Å². The molecule has 0 bridgehead atoms. The van der Waals surface area contributed by atoms with E-state index in [0.717, 1.165) is 24.0 Å². The summed E-state index contributed by atoms with van der Waals surface area (Å²) >= 11 is 0. The van der Waals surface area contributed by atoms with Gasteiger partial charge < -0.3 is 10.4 Å². The van der Waals surface area contributed by atoms with E-state index in [1.54, 1.807) is 18.2 Å². The highest BCUT2D eigenvalue weighted by atomic mass is 19.4. The number of phenolic OH excluding ortho intramolecular Hbond substituents is 1. The summed E-state index contributed by atoms with van der Waals surface area (Å²) in [5, 5.41) is 30.6. The zero-order valence-electron chi connectivity index (χ0n) is 21.8. The molecule has 39 heavy (non-hydrogen) atoms. The Kier molecular flexibility index (Phi) is 6.96. The maximum atomic E-state index is 14.5. The standard InChI is InChI=1S/C27H30F3N7O2/c1-14-10-11-19(12-15(14)2)37-26(39)22(16(3)34-37)31-24(27(28,29)30)21-9-5-8-20(23(21)38)17-6-4-7-18(13-17)25-32-35-36-33-25/h5,8-12,17-18,24,31,34,38H,4,6-7,13H2,1-3H3,(H,32,33,35,36). The number of nitrogens with zero attached hydrogens (tertiary/aromatic N) is 4. The Morgan fingerprint density at radius 1 is 1.10 bits per heavy atom. The summed E-state index contributed by atoms with van der Waals surface area (Å²) in [6.07, 6.45) is -1.85. The molecule has 206 valence electrons. The summed E-state index contributed by atoms with van der Waals surface area (Å²) < 4.78 is 44.6. The average molecular weight is 542 g/mol. The molecule has 2 heterocycles. The van der Waals surface area contributed by atoms with Gasteiger partial charge in [0.15, 0.2) is 11.9 Å². The lowest BCUT2D eigenvalue weighted by Crippen LogP contribution is -2.30. The number of nitrogens with one attached hydrogen (secondary N) is 3. The van der Waals surface area contributed by atoms with Gasteiger partial charge in [-0.2, -0.15) is 18.4 Å². The predicted molar refractivity (Wildman–Crippen MR) is 139 cm³/mol. The molecule has 0 aliphatic heterocycles. The minimum atomic E-state index is -4.79. The van der Waals surface area contributed by atoms with Gasteiger partial charge in [0.1, 0.15) is 11.4 Å². The fraction of sp³-hybridized carbons (Fsp3) is 0.407. The van der Waals surface area contributed by atoms with Crippen LogP contribution in [0, 0.1) is 20.8 Å². The number of benzene rings is 2. The van der Waals surface area contributed by atoms with E-state index in [9.17, 15) is 23.1 Å². The van der Waals surface area contributed by atoms with Crippen LogP contribution >= 0.6 is 0 Å². The maximum absolute atomic E-state index is 14.5. The van der Waals surface area contributed by atoms with Gasteiger partial charge in [-0.15, -0.1) is 10.2 Å². The average Bonchev–Trinajstić information content (AvgIpc) is 3.53. The highest BCUT2D eigenvalue weighted by Gasteiger charge is 2.44. The van der Waals surface area contributed by atoms with E-state index in [1.807, 2.05) is 19.9 Å². The number of anilines is 1. The normalized spacial score (nSPS) is 18.7. The lowest BCUT2D eigenvalue weighted by molar-refractivity contribution is -0.144. The number of hydrogen-bond donors (Lipinski definition) is 4. The quantitative estimate of drug-likeness (QED) is 0.257. The summed E-state index contributed by atoms with van der Waals surface area (Å²) in [7, 11) is 0. The molecule has 2 aromatic carbocycles. The number of hydrogen-bond acceptors (Lipinski definition) is 6. The van der Waals surface area contributed by atoms with Crippen LogP contribution in [-0.4, -0.2) is 41.7 Å². The molecule has 0 spiro atoms. The molecule has 1 fully saturated rings. The summed E-state index contributed by atoms with van der Waals surface area (Å²) in [6, 6.07) is 7.48. The van der Waals surface area contributed by atoms with Crippen molar-refractivity contribution >= 4 is 5.69 Å². The second-order valence-electron chi connectivity index (χ2n) is 10.3. The second kappa shape index (κ2) is 10.2. The first-order valence-electron chi connectivity index (χ1n) is 12.8. The second-order valence-corrected chi connectivity index (χ2v) is 10.3. The Morgan fingerprint density at radius 3 is 2.56 bits per heavy atom. The number of rotatable bonds is 6. The fourth-order valence-corrected chi connectivity index (χ4v) is 5.43. The van der Waals surface area contributed by atoms with Crippen molar-refractivity contribution in [3.63, 3.8) is 0 Å². The first kappa shape index (κ1) is 26.5. The monoisotopic (exact) mass is 541 g/mol. The molecular formula is C27H30F3N7O2. The molecule has 0 radical (unpaired) electrons. The number of aromatic hydroxyl groups is 1. The molecule has 1 aliphatic carbocycles. The van der Waals surface area contributed by atoms with Gasteiger partial charge in [-0.05, 0) is 74.8 Å². The maximum Gasteiger partial charge on any atom is 0.412 e. The number of phenols is 1. The van der Waals surface area contributed by atoms with Gasteiger partial charge in [-0.1, -0.05) is 35.9 Å². The third kappa shape index (κ3) is 5.15. The Labute approximate surface area is 222 Å². The predicted octanol–water partition coefficient (Wildman–Crippen LogP) is 5.47. The molecule has 2 aromatic heterocycles. The highest BCUT2D eigenvalue weighted by Crippen LogP contribution is 2.46. The number of tetrazole rings is 1. The van der Waals surface area contributed by atoms with Crippen molar-refractivity contribution in [3.8, 4) is 11.4 Å². The van der Waals surface area contributed by atoms with Gasteiger partial charge in [0.25, 0.3) is 5.56 Å². The Bertz CT molecular complexity index is 1530. The van der Waals surface area contributed by atoms with E-state index in [-0.39, 0.29) is 28.8 Å². The minimum Gasteiger partial charge on any atom is -0.507 e. The van der Waals surface area contributed by atoms with E-state index in [4.69, 9.17) is 0 Å². The lowest BCUT2D eigenvalue weighted by Gasteiger charge is -2.30. The van der Waals surface area contributed by atoms with Crippen molar-refractivity contribution in [1.82, 2.24) is 30.4 Å². The molecule has 3 atom stereocenters. The van der Waals surface area contributed by atoms with Crippen LogP contribution in [0.2, 0.25) is 0 Å². The summed E-state index contributed by atoms with van der Waals surface area (Å²) in [5.74, 6) is -0.0394. The van der Waals surface area contributed by atoms with E-state index in [1.165, 1.54) is 23.7 Å². The molecule has 4 aromatic rings. The number of halogens is 3. The number of aromatic nitrogens is 6. The van der Waals surface area contributed by atoms with Crippen LogP contribution in [-0.2, 0) is 0 Å². The number of para-hydroxylation sites is 1. The number of aromatic amines is 2. The van der Waals surface area contributed by atoms with E-state index in [0.29, 0.717) is 29.9 Å². The van der Waals surface area contributed by atoms with Crippen LogP contribution in [0.5, 0.6) is 5.75 Å². The van der Waals surface area contributed by atoms with Crippen LogP contribution in [0.25, 0.3) is 5.69 Å². The molecule has 0 saturated heterocycles. The fourth-order valence-electron chi connectivity index (χ4n) is 5.43. The van der Waals surface area contributed by atoms with Gasteiger partial charge in [0, 0.05) is 11.5 Å². The van der Waals surface area contributed by atoms with E-state index < -0.39 is 23.5 Å². The summed E-state index contributed by atoms with van der Waals surface area (Å²) in [4.78, 5) is 13.2. The molecule has 3 unspecified atom stereocenters. The van der Waals surface area contributed by atoms with Crippen molar-refractivity contribution in [2.75, 3.05) is 5.32 Å². The lowest BCUT2D eigenvalue weighted by atomic mass is 9.77. The molecule has 9 nitrogen and oxygen atoms in total. The Hall–Kier alpha value is -4.09. The first-order chi connectivity index (χ1) is 18.5. The smallest absolute Gasteiger partial charge is 0.412 e. The van der Waals surface area contributed by atoms with Gasteiger partial charge in [-0.3, -0.25) is 9.89 Å². The summed E-state index contributed by atoms with van der Waals surface area (Å²) in [5.41, 5.74) is 1.99. The molecule has 12 heteroatoms. The molecule has 5 rings (SSSR count). The Balaban J connectivity index is 1.48. The van der Waals surface area contributed by atoms with Crippen molar-refractivity contribution in [1.29, 1.82) is 0 Å². The number of H-pyrrole nitrogens is 2. The van der Waals surface area contributed by atoms with Gasteiger partial charge >= 0.3 is 6.18 Å². The topological polar surface area (TPSA) is 125 Å². The van der Waals surface area contributed by atoms with Crippen LogP contribution in [0.3, 0.4) is 0 Å². The van der Waals surface area contributed by atoms with Crippen LogP contribution in [0.1, 0.15) is 77.3 Å². The third-order valence-electron chi connectivity index (χ3n) is 7.69. The van der Waals surface area contributed by atoms with Crippen LogP contribution < -0.4 is 10.9 Å². The number of aryl methyl sites for hydroxylation is 3. The highest BCUT2D eigenvalue weighted by molar-refractivity contribution is 5.54. The van der Waals surface area contributed by atoms with Crippen molar-refractivity contribution in [2.24, 2.45) is 0 Å². The minimum absolute atomic E-state index is 0.00604. The van der Waals surface area contributed by atoms with E-state index >= 15 is 0 Å². The third-order valence-corrected chi connectivity index (χ3v) is 7.69. The van der Waals surface area contributed by atoms with Crippen LogP contribution in [0.15, 0.2) is 41.2 Å². The Morgan fingerprint density at radius 2 is 1.87 bits per heavy atom. The molecular weight excluding hydrogens is 511 g/mol. The molecule has 0 amide bonds. The zero-order valence-corrected chi connectivity index (χ0v) is 21.8. The largest absolute Gasteiger partial charge is 0.507 e.